The van der Waals surface area contributed by atoms with Gasteiger partial charge in [0.2, 0.25) is 0 Å². The minimum absolute atomic E-state index is 0.441. The van der Waals surface area contributed by atoms with Crippen LogP contribution in [0.25, 0.3) is 0 Å². The Morgan fingerprint density at radius 1 is 1.60 bits per heavy atom. The SMILES string of the molecule is CCC(O)c1c(Br)cnn1CCN(C)C. The number of aliphatic hydroxyl groups is 1. The molecule has 5 heteroatoms. The molecule has 0 radical (unpaired) electrons. The van der Waals surface area contributed by atoms with Gasteiger partial charge in [0, 0.05) is 6.54 Å². The maximum atomic E-state index is 9.84. The molecule has 0 saturated carbocycles. The van der Waals surface area contributed by atoms with Crippen LogP contribution < -0.4 is 0 Å². The molecule has 1 atom stereocenters. The number of rotatable bonds is 5. The summed E-state index contributed by atoms with van der Waals surface area (Å²) in [6.07, 6.45) is 2.00. The molecule has 0 aliphatic heterocycles. The fourth-order valence-corrected chi connectivity index (χ4v) is 1.93. The minimum Gasteiger partial charge on any atom is -0.387 e. The fraction of sp³-hybridized carbons (Fsp3) is 0.700. The molecule has 1 rings (SSSR count). The monoisotopic (exact) mass is 275 g/mol. The first-order valence-corrected chi connectivity index (χ1v) is 5.89. The summed E-state index contributed by atoms with van der Waals surface area (Å²) in [4.78, 5) is 2.09. The van der Waals surface area contributed by atoms with E-state index in [4.69, 9.17) is 0 Å². The number of likely N-dealkylation sites (N-methyl/N-ethyl adjacent to an activating group) is 1. The maximum Gasteiger partial charge on any atom is 0.0965 e. The molecular weight excluding hydrogens is 258 g/mol. The van der Waals surface area contributed by atoms with Crippen LogP contribution in [0.5, 0.6) is 0 Å². The van der Waals surface area contributed by atoms with E-state index in [2.05, 4.69) is 25.9 Å². The van der Waals surface area contributed by atoms with Gasteiger partial charge in [0.1, 0.15) is 0 Å². The Bertz CT molecular complexity index is 312. The third-order valence-electron chi connectivity index (χ3n) is 2.29. The normalized spacial score (nSPS) is 13.5. The summed E-state index contributed by atoms with van der Waals surface area (Å²) in [5.41, 5.74) is 0.874. The highest BCUT2D eigenvalue weighted by molar-refractivity contribution is 9.10. The van der Waals surface area contributed by atoms with Crippen molar-refractivity contribution in [1.82, 2.24) is 14.7 Å². The Kier molecular flexibility index (Phi) is 4.76. The number of nitrogens with zero attached hydrogens (tertiary/aromatic N) is 3. The van der Waals surface area contributed by atoms with E-state index in [9.17, 15) is 5.11 Å². The number of hydrogen-bond donors (Lipinski definition) is 1. The topological polar surface area (TPSA) is 41.3 Å². The van der Waals surface area contributed by atoms with Crippen LogP contribution in [-0.4, -0.2) is 40.4 Å². The molecule has 15 heavy (non-hydrogen) atoms. The molecule has 0 aliphatic rings. The van der Waals surface area contributed by atoms with Crippen molar-refractivity contribution in [1.29, 1.82) is 0 Å². The predicted molar refractivity (Wildman–Crippen MR) is 63.7 cm³/mol. The van der Waals surface area contributed by atoms with Gasteiger partial charge < -0.3 is 10.0 Å². The highest BCUT2D eigenvalue weighted by Crippen LogP contribution is 2.25. The van der Waals surface area contributed by atoms with Crippen LogP contribution in [0.1, 0.15) is 25.1 Å². The van der Waals surface area contributed by atoms with Crippen molar-refractivity contribution in [3.8, 4) is 0 Å². The van der Waals surface area contributed by atoms with Crippen molar-refractivity contribution in [2.45, 2.75) is 26.0 Å². The van der Waals surface area contributed by atoms with Crippen molar-refractivity contribution in [3.05, 3.63) is 16.4 Å². The lowest BCUT2D eigenvalue weighted by Crippen LogP contribution is -2.21. The first kappa shape index (κ1) is 12.7. The second-order valence-corrected chi connectivity index (χ2v) is 4.68. The number of hydrogen-bond acceptors (Lipinski definition) is 3. The van der Waals surface area contributed by atoms with E-state index in [1.807, 2.05) is 25.7 Å². The summed E-state index contributed by atoms with van der Waals surface area (Å²) in [6, 6.07) is 0. The van der Waals surface area contributed by atoms with Crippen LogP contribution >= 0.6 is 15.9 Å². The quantitative estimate of drug-likeness (QED) is 0.889. The molecule has 0 aromatic carbocycles. The smallest absolute Gasteiger partial charge is 0.0965 e. The van der Waals surface area contributed by atoms with E-state index in [0.717, 1.165) is 23.3 Å². The lowest BCUT2D eigenvalue weighted by Gasteiger charge is -2.14. The highest BCUT2D eigenvalue weighted by Gasteiger charge is 2.15. The number of aromatic nitrogens is 2. The van der Waals surface area contributed by atoms with E-state index >= 15 is 0 Å². The van der Waals surface area contributed by atoms with Gasteiger partial charge in [-0.1, -0.05) is 6.92 Å². The second kappa shape index (κ2) is 5.63. The molecule has 1 unspecified atom stereocenters. The molecule has 0 saturated heterocycles. The largest absolute Gasteiger partial charge is 0.387 e. The van der Waals surface area contributed by atoms with Crippen molar-refractivity contribution in [2.75, 3.05) is 20.6 Å². The Morgan fingerprint density at radius 3 is 2.80 bits per heavy atom. The molecule has 86 valence electrons. The van der Waals surface area contributed by atoms with Crippen LogP contribution in [0.4, 0.5) is 0 Å². The van der Waals surface area contributed by atoms with Crippen molar-refractivity contribution in [3.63, 3.8) is 0 Å². The van der Waals surface area contributed by atoms with Crippen molar-refractivity contribution < 1.29 is 5.11 Å². The van der Waals surface area contributed by atoms with Gasteiger partial charge in [-0.2, -0.15) is 5.10 Å². The van der Waals surface area contributed by atoms with Gasteiger partial charge in [-0.15, -0.1) is 0 Å². The average Bonchev–Trinajstić information content (AvgIpc) is 2.55. The van der Waals surface area contributed by atoms with E-state index in [-0.39, 0.29) is 0 Å². The van der Waals surface area contributed by atoms with Crippen LogP contribution in [0, 0.1) is 0 Å². The maximum absolute atomic E-state index is 9.84. The first-order chi connectivity index (χ1) is 7.06. The molecule has 0 bridgehead atoms. The van der Waals surface area contributed by atoms with Crippen molar-refractivity contribution >= 4 is 15.9 Å². The van der Waals surface area contributed by atoms with Gasteiger partial charge in [0.25, 0.3) is 0 Å². The summed E-state index contributed by atoms with van der Waals surface area (Å²) < 4.78 is 2.74. The molecule has 1 heterocycles. The summed E-state index contributed by atoms with van der Waals surface area (Å²) in [5, 5.41) is 14.1. The lowest BCUT2D eigenvalue weighted by atomic mass is 10.2. The van der Waals surface area contributed by atoms with Gasteiger partial charge in [-0.3, -0.25) is 4.68 Å². The molecule has 1 aromatic heterocycles. The minimum atomic E-state index is -0.441. The number of aliphatic hydroxyl groups excluding tert-OH is 1. The van der Waals surface area contributed by atoms with Crippen molar-refractivity contribution in [2.24, 2.45) is 0 Å². The van der Waals surface area contributed by atoms with E-state index in [1.165, 1.54) is 0 Å². The molecule has 0 fully saturated rings. The standard InChI is InChI=1S/C10H18BrN3O/c1-4-9(15)10-8(11)7-12-14(10)6-5-13(2)3/h7,9,15H,4-6H2,1-3H3. The van der Waals surface area contributed by atoms with Crippen LogP contribution in [0.3, 0.4) is 0 Å². The molecule has 0 aliphatic carbocycles. The Hall–Kier alpha value is -0.390. The fourth-order valence-electron chi connectivity index (χ4n) is 1.37. The second-order valence-electron chi connectivity index (χ2n) is 3.83. The van der Waals surface area contributed by atoms with E-state index < -0.39 is 6.10 Å². The summed E-state index contributed by atoms with van der Waals surface area (Å²) >= 11 is 3.41. The van der Waals surface area contributed by atoms with Gasteiger partial charge in [0.05, 0.1) is 29.0 Å². The molecule has 4 nitrogen and oxygen atoms in total. The summed E-state index contributed by atoms with van der Waals surface area (Å²) in [6.45, 7) is 3.67. The zero-order chi connectivity index (χ0) is 11.4. The Labute approximate surface area is 99.0 Å². The predicted octanol–water partition coefficient (Wildman–Crippen LogP) is 1.65. The first-order valence-electron chi connectivity index (χ1n) is 5.10. The van der Waals surface area contributed by atoms with Gasteiger partial charge >= 0.3 is 0 Å². The lowest BCUT2D eigenvalue weighted by molar-refractivity contribution is 0.160. The number of halogens is 1. The van der Waals surface area contributed by atoms with Crippen LogP contribution in [-0.2, 0) is 6.54 Å². The molecule has 1 N–H and O–H groups in total. The molecular formula is C10H18BrN3O. The summed E-state index contributed by atoms with van der Waals surface area (Å²) in [5.74, 6) is 0. The van der Waals surface area contributed by atoms with E-state index in [1.54, 1.807) is 6.20 Å². The average molecular weight is 276 g/mol. The van der Waals surface area contributed by atoms with Crippen LogP contribution in [0.15, 0.2) is 10.7 Å². The molecule has 1 aromatic rings. The zero-order valence-corrected chi connectivity index (χ0v) is 11.0. The highest BCUT2D eigenvalue weighted by atomic mass is 79.9. The molecule has 0 amide bonds. The van der Waals surface area contributed by atoms with Gasteiger partial charge in [-0.25, -0.2) is 0 Å². The van der Waals surface area contributed by atoms with Gasteiger partial charge in [-0.05, 0) is 36.4 Å². The van der Waals surface area contributed by atoms with Crippen LogP contribution in [0.2, 0.25) is 0 Å². The summed E-state index contributed by atoms with van der Waals surface area (Å²) in [7, 11) is 4.04. The van der Waals surface area contributed by atoms with E-state index in [0.29, 0.717) is 6.42 Å². The zero-order valence-electron chi connectivity index (χ0n) is 9.44. The molecule has 0 spiro atoms. The third kappa shape index (κ3) is 3.29. The third-order valence-corrected chi connectivity index (χ3v) is 2.91. The van der Waals surface area contributed by atoms with Gasteiger partial charge in [0.15, 0.2) is 0 Å². The Morgan fingerprint density at radius 2 is 2.27 bits per heavy atom. The Balaban J connectivity index is 2.79.